The number of benzene rings is 1. The molecule has 120 valence electrons. The van der Waals surface area contributed by atoms with Crippen molar-refractivity contribution in [2.45, 2.75) is 11.4 Å². The molecule has 0 saturated carbocycles. The first kappa shape index (κ1) is 16.2. The monoisotopic (exact) mass is 356 g/mol. The average molecular weight is 356 g/mol. The van der Waals surface area contributed by atoms with Crippen LogP contribution in [0.1, 0.15) is 0 Å². The van der Waals surface area contributed by atoms with Crippen LogP contribution in [0.25, 0.3) is 10.2 Å². The molecule has 6 nitrogen and oxygen atoms in total. The van der Waals surface area contributed by atoms with Crippen LogP contribution in [-0.2, 0) is 11.3 Å². The lowest BCUT2D eigenvalue weighted by Crippen LogP contribution is -2.27. The van der Waals surface area contributed by atoms with Gasteiger partial charge in [-0.15, -0.1) is 23.1 Å². The summed E-state index contributed by atoms with van der Waals surface area (Å²) in [6.07, 6.45) is 1.39. The maximum absolute atomic E-state index is 12.3. The molecule has 0 aliphatic rings. The van der Waals surface area contributed by atoms with Gasteiger partial charge in [0.15, 0.2) is 0 Å². The number of rotatable bonds is 5. The Kier molecular flexibility index (Phi) is 4.93. The average Bonchev–Trinajstić information content (AvgIpc) is 3.06. The molecule has 0 unspecified atom stereocenters. The topological polar surface area (TPSA) is 87.8 Å². The first-order valence-corrected chi connectivity index (χ1v) is 8.87. The predicted molar refractivity (Wildman–Crippen MR) is 95.3 cm³/mol. The number of hydrogen-bond acceptors (Lipinski definition) is 6. The van der Waals surface area contributed by atoms with E-state index in [1.54, 1.807) is 23.6 Å². The molecule has 8 heteroatoms. The normalized spacial score (nSPS) is 10.5. The van der Waals surface area contributed by atoms with Gasteiger partial charge in [0.2, 0.25) is 5.91 Å². The summed E-state index contributed by atoms with van der Waals surface area (Å²) in [5.74, 6) is -0.0241. The summed E-state index contributed by atoms with van der Waals surface area (Å²) in [6.45, 7) is -0.116. The van der Waals surface area contributed by atoms with E-state index in [1.807, 2.05) is 12.1 Å². The van der Waals surface area contributed by atoms with Crippen LogP contribution in [0.4, 0.5) is 5.69 Å². The second kappa shape index (κ2) is 7.29. The lowest BCUT2D eigenvalue weighted by Gasteiger charge is -2.10. The molecule has 0 aliphatic carbocycles. The van der Waals surface area contributed by atoms with Crippen molar-refractivity contribution in [3.63, 3.8) is 0 Å². The number of hydrogen-bond donors (Lipinski definition) is 1. The van der Waals surface area contributed by atoms with Crippen LogP contribution >= 0.6 is 23.1 Å². The lowest BCUT2D eigenvalue weighted by molar-refractivity contribution is -0.116. The quantitative estimate of drug-likeness (QED) is 0.710. The molecule has 3 aromatic rings. The molecule has 3 rings (SSSR count). The molecular formula is C16H12N4O2S2. The zero-order valence-corrected chi connectivity index (χ0v) is 14.1. The molecule has 0 fully saturated rings. The van der Waals surface area contributed by atoms with Crippen LogP contribution in [0.2, 0.25) is 0 Å². The molecular weight excluding hydrogens is 344 g/mol. The van der Waals surface area contributed by atoms with E-state index >= 15 is 0 Å². The third-order valence-corrected chi connectivity index (χ3v) is 4.98. The molecule has 2 heterocycles. The van der Waals surface area contributed by atoms with Gasteiger partial charge in [-0.25, -0.2) is 4.98 Å². The van der Waals surface area contributed by atoms with Crippen LogP contribution in [0.3, 0.4) is 0 Å². The Morgan fingerprint density at radius 1 is 1.38 bits per heavy atom. The van der Waals surface area contributed by atoms with E-state index in [4.69, 9.17) is 5.26 Å². The minimum atomic E-state index is -0.321. The number of anilines is 1. The molecule has 1 aromatic carbocycles. The van der Waals surface area contributed by atoms with Gasteiger partial charge >= 0.3 is 0 Å². The molecule has 1 N–H and O–H groups in total. The fraction of sp³-hybridized carbons (Fsp3) is 0.125. The SMILES string of the molecule is N#CCSc1ccccc1NC(=O)Cn1cnc2sccc2c1=O. The van der Waals surface area contributed by atoms with Crippen molar-refractivity contribution in [1.29, 1.82) is 5.26 Å². The summed E-state index contributed by atoms with van der Waals surface area (Å²) in [5.41, 5.74) is 0.393. The lowest BCUT2D eigenvalue weighted by atomic mass is 10.3. The fourth-order valence-electron chi connectivity index (χ4n) is 2.16. The largest absolute Gasteiger partial charge is 0.324 e. The molecule has 0 aliphatic heterocycles. The molecule has 1 amide bonds. The Balaban J connectivity index is 1.77. The van der Waals surface area contributed by atoms with E-state index in [0.717, 1.165) is 4.90 Å². The third-order valence-electron chi connectivity index (χ3n) is 3.22. The van der Waals surface area contributed by atoms with Gasteiger partial charge in [0.25, 0.3) is 5.56 Å². The Morgan fingerprint density at radius 2 is 2.21 bits per heavy atom. The minimum Gasteiger partial charge on any atom is -0.324 e. The summed E-state index contributed by atoms with van der Waals surface area (Å²) in [6, 6.07) is 11.0. The minimum absolute atomic E-state index is 0.116. The zero-order valence-electron chi connectivity index (χ0n) is 12.4. The number of nitrogens with zero attached hydrogens (tertiary/aromatic N) is 3. The van der Waals surface area contributed by atoms with Gasteiger partial charge in [-0.05, 0) is 23.6 Å². The highest BCUT2D eigenvalue weighted by Gasteiger charge is 2.11. The third kappa shape index (κ3) is 3.48. The number of thiophene rings is 1. The van der Waals surface area contributed by atoms with E-state index in [2.05, 4.69) is 16.4 Å². The molecule has 0 bridgehead atoms. The standard InChI is InChI=1S/C16H12N4O2S2/c17-6-8-23-13-4-2-1-3-12(13)19-14(21)9-20-10-18-15-11(16(20)22)5-7-24-15/h1-5,7,10H,8-9H2,(H,19,21). The summed E-state index contributed by atoms with van der Waals surface area (Å²) >= 11 is 2.73. The first-order valence-electron chi connectivity index (χ1n) is 7.00. The van der Waals surface area contributed by atoms with Crippen molar-refractivity contribution in [3.8, 4) is 6.07 Å². The van der Waals surface area contributed by atoms with Crippen molar-refractivity contribution in [2.24, 2.45) is 0 Å². The van der Waals surface area contributed by atoms with E-state index in [-0.39, 0.29) is 18.0 Å². The van der Waals surface area contributed by atoms with Crippen LogP contribution in [0.5, 0.6) is 0 Å². The van der Waals surface area contributed by atoms with Crippen molar-refractivity contribution in [3.05, 3.63) is 52.4 Å². The Morgan fingerprint density at radius 3 is 3.04 bits per heavy atom. The van der Waals surface area contributed by atoms with E-state index in [9.17, 15) is 9.59 Å². The number of carbonyl (C=O) groups excluding carboxylic acids is 1. The van der Waals surface area contributed by atoms with E-state index < -0.39 is 0 Å². The van der Waals surface area contributed by atoms with Crippen LogP contribution in [0.15, 0.2) is 51.7 Å². The number of fused-ring (bicyclic) bond motifs is 1. The highest BCUT2D eigenvalue weighted by molar-refractivity contribution is 7.99. The van der Waals surface area contributed by atoms with Crippen molar-refractivity contribution in [2.75, 3.05) is 11.1 Å². The fourth-order valence-corrected chi connectivity index (χ4v) is 3.55. The number of aromatic nitrogens is 2. The number of thioether (sulfide) groups is 1. The maximum atomic E-state index is 12.3. The van der Waals surface area contributed by atoms with Gasteiger partial charge in [0.05, 0.1) is 29.2 Å². The van der Waals surface area contributed by atoms with Crippen LogP contribution in [0, 0.1) is 11.3 Å². The number of amides is 1. The van der Waals surface area contributed by atoms with E-state index in [1.165, 1.54) is 34.0 Å². The molecule has 0 atom stereocenters. The van der Waals surface area contributed by atoms with Crippen LogP contribution < -0.4 is 10.9 Å². The molecule has 2 aromatic heterocycles. The predicted octanol–water partition coefficient (Wildman–Crippen LogP) is 2.71. The summed E-state index contributed by atoms with van der Waals surface area (Å²) in [4.78, 5) is 30.2. The van der Waals surface area contributed by atoms with Crippen molar-refractivity contribution < 1.29 is 4.79 Å². The zero-order chi connectivity index (χ0) is 16.9. The number of nitrogens with one attached hydrogen (secondary N) is 1. The van der Waals surface area contributed by atoms with Gasteiger partial charge in [0.1, 0.15) is 11.4 Å². The number of para-hydroxylation sites is 1. The second-order valence-electron chi connectivity index (χ2n) is 4.81. The highest BCUT2D eigenvalue weighted by Crippen LogP contribution is 2.26. The van der Waals surface area contributed by atoms with Crippen LogP contribution in [-0.4, -0.2) is 21.2 Å². The molecule has 24 heavy (non-hydrogen) atoms. The smallest absolute Gasteiger partial charge is 0.262 e. The Bertz CT molecular complexity index is 987. The highest BCUT2D eigenvalue weighted by atomic mass is 32.2. The summed E-state index contributed by atoms with van der Waals surface area (Å²) < 4.78 is 1.29. The van der Waals surface area contributed by atoms with Gasteiger partial charge in [-0.1, -0.05) is 12.1 Å². The van der Waals surface area contributed by atoms with Gasteiger partial charge in [0, 0.05) is 4.90 Å². The Labute approximate surface area is 145 Å². The summed E-state index contributed by atoms with van der Waals surface area (Å²) in [5, 5.41) is 13.8. The number of carbonyl (C=O) groups is 1. The molecule has 0 saturated heterocycles. The van der Waals surface area contributed by atoms with Crippen molar-refractivity contribution >= 4 is 44.9 Å². The first-order chi connectivity index (χ1) is 11.7. The molecule has 0 radical (unpaired) electrons. The van der Waals surface area contributed by atoms with Gasteiger partial charge in [-0.2, -0.15) is 5.26 Å². The summed E-state index contributed by atoms with van der Waals surface area (Å²) in [7, 11) is 0. The second-order valence-corrected chi connectivity index (χ2v) is 6.72. The number of nitriles is 1. The Hall–Kier alpha value is -2.63. The van der Waals surface area contributed by atoms with Crippen molar-refractivity contribution in [1.82, 2.24) is 9.55 Å². The molecule has 0 spiro atoms. The van der Waals surface area contributed by atoms with Gasteiger partial charge < -0.3 is 5.32 Å². The maximum Gasteiger partial charge on any atom is 0.262 e. The van der Waals surface area contributed by atoms with E-state index in [0.29, 0.717) is 21.7 Å². The van der Waals surface area contributed by atoms with Gasteiger partial charge in [-0.3, -0.25) is 14.2 Å².